The van der Waals surface area contributed by atoms with Crippen molar-refractivity contribution in [1.29, 1.82) is 0 Å². The number of aryl methyl sites for hydroxylation is 1. The van der Waals surface area contributed by atoms with Crippen molar-refractivity contribution in [2.45, 2.75) is 25.3 Å². The Labute approximate surface area is 121 Å². The van der Waals surface area contributed by atoms with E-state index in [1.165, 1.54) is 11.3 Å². The summed E-state index contributed by atoms with van der Waals surface area (Å²) in [6.45, 7) is 2.50. The van der Waals surface area contributed by atoms with Crippen LogP contribution in [0, 0.1) is 0 Å². The fourth-order valence-corrected chi connectivity index (χ4v) is 4.48. The van der Waals surface area contributed by atoms with E-state index in [9.17, 15) is 8.42 Å². The predicted octanol–water partition coefficient (Wildman–Crippen LogP) is 1.53. The molecule has 110 valence electrons. The van der Waals surface area contributed by atoms with Gasteiger partial charge in [-0.05, 0) is 37.4 Å². The maximum absolute atomic E-state index is 11.7. The normalized spacial score (nSPS) is 26.9. The van der Waals surface area contributed by atoms with Gasteiger partial charge in [0.2, 0.25) is 0 Å². The van der Waals surface area contributed by atoms with E-state index < -0.39 is 9.84 Å². The van der Waals surface area contributed by atoms with Gasteiger partial charge in [-0.2, -0.15) is 0 Å². The van der Waals surface area contributed by atoms with Gasteiger partial charge in [0.1, 0.15) is 0 Å². The summed E-state index contributed by atoms with van der Waals surface area (Å²) in [6.07, 6.45) is 2.94. The second kappa shape index (κ2) is 5.74. The summed E-state index contributed by atoms with van der Waals surface area (Å²) in [7, 11) is -2.82. The fraction of sp³-hybridized carbons (Fsp3) is 0.600. The Morgan fingerprint density at radius 1 is 1.15 bits per heavy atom. The molecular weight excluding hydrogens is 272 g/mol. The highest BCUT2D eigenvalue weighted by molar-refractivity contribution is 7.91. The molecule has 0 spiro atoms. The van der Waals surface area contributed by atoms with Crippen molar-refractivity contribution in [1.82, 2.24) is 4.90 Å². The number of rotatable bonds is 1. The molecular formula is C15H22N2O2S. The van der Waals surface area contributed by atoms with Crippen LogP contribution in [-0.2, 0) is 16.3 Å². The number of benzene rings is 1. The molecule has 3 rings (SSSR count). The molecule has 0 bridgehead atoms. The van der Waals surface area contributed by atoms with Crippen LogP contribution in [0.3, 0.4) is 0 Å². The van der Waals surface area contributed by atoms with Crippen molar-refractivity contribution in [3.05, 3.63) is 29.8 Å². The molecule has 2 heterocycles. The van der Waals surface area contributed by atoms with Crippen molar-refractivity contribution >= 4 is 15.5 Å². The minimum atomic E-state index is -2.82. The molecule has 5 heteroatoms. The van der Waals surface area contributed by atoms with Crippen molar-refractivity contribution in [2.24, 2.45) is 0 Å². The average molecular weight is 294 g/mol. The summed E-state index contributed by atoms with van der Waals surface area (Å²) in [5.41, 5.74) is 2.61. The first-order chi connectivity index (χ1) is 9.64. The maximum Gasteiger partial charge on any atom is 0.151 e. The lowest BCUT2D eigenvalue weighted by molar-refractivity contribution is 0.211. The molecule has 2 aliphatic rings. The number of hydrogen-bond acceptors (Lipinski definition) is 4. The number of nitrogens with zero attached hydrogens (tertiary/aromatic N) is 1. The Balaban J connectivity index is 1.68. The highest BCUT2D eigenvalue weighted by atomic mass is 32.2. The third-order valence-electron chi connectivity index (χ3n) is 4.40. The quantitative estimate of drug-likeness (QED) is 0.853. The second-order valence-corrected chi connectivity index (χ2v) is 8.08. The SMILES string of the molecule is O=S1(=O)CCCN(C2CCc3ccccc3NC2)CC1. The van der Waals surface area contributed by atoms with Gasteiger partial charge in [0.05, 0.1) is 11.5 Å². The van der Waals surface area contributed by atoms with Crippen LogP contribution >= 0.6 is 0 Å². The Kier molecular flexibility index (Phi) is 3.98. The summed E-state index contributed by atoms with van der Waals surface area (Å²) >= 11 is 0. The first-order valence-electron chi connectivity index (χ1n) is 7.40. The zero-order valence-corrected chi connectivity index (χ0v) is 12.5. The minimum absolute atomic E-state index is 0.316. The van der Waals surface area contributed by atoms with Crippen LogP contribution < -0.4 is 5.32 Å². The molecule has 1 aromatic rings. The van der Waals surface area contributed by atoms with Gasteiger partial charge in [-0.15, -0.1) is 0 Å². The Morgan fingerprint density at radius 2 is 2.00 bits per heavy atom. The summed E-state index contributed by atoms with van der Waals surface area (Å²) in [5, 5.41) is 3.52. The highest BCUT2D eigenvalue weighted by Crippen LogP contribution is 2.23. The van der Waals surface area contributed by atoms with Gasteiger partial charge < -0.3 is 5.32 Å². The number of para-hydroxylation sites is 1. The highest BCUT2D eigenvalue weighted by Gasteiger charge is 2.26. The molecule has 1 fully saturated rings. The van der Waals surface area contributed by atoms with E-state index in [4.69, 9.17) is 0 Å². The molecule has 1 unspecified atom stereocenters. The molecule has 2 aliphatic heterocycles. The summed E-state index contributed by atoms with van der Waals surface area (Å²) in [4.78, 5) is 2.36. The predicted molar refractivity (Wildman–Crippen MR) is 81.9 cm³/mol. The third kappa shape index (κ3) is 3.15. The molecule has 1 N–H and O–H groups in total. The summed E-state index contributed by atoms with van der Waals surface area (Å²) in [6, 6.07) is 8.89. The Morgan fingerprint density at radius 3 is 2.90 bits per heavy atom. The standard InChI is InChI=1S/C15H22N2O2S/c18-20(19)10-3-8-17(9-11-20)14-7-6-13-4-1-2-5-15(13)16-12-14/h1-2,4-5,14,16H,3,6-12H2. The third-order valence-corrected chi connectivity index (χ3v) is 6.11. The van der Waals surface area contributed by atoms with Crippen LogP contribution in [0.1, 0.15) is 18.4 Å². The Bertz CT molecular complexity index is 544. The Hall–Kier alpha value is -1.07. The topological polar surface area (TPSA) is 49.4 Å². The lowest BCUT2D eigenvalue weighted by Gasteiger charge is -2.29. The molecule has 20 heavy (non-hydrogen) atoms. The van der Waals surface area contributed by atoms with E-state index in [1.807, 2.05) is 0 Å². The van der Waals surface area contributed by atoms with Gasteiger partial charge in [-0.3, -0.25) is 4.90 Å². The van der Waals surface area contributed by atoms with Crippen LogP contribution in [0.2, 0.25) is 0 Å². The van der Waals surface area contributed by atoms with E-state index in [0.717, 1.165) is 32.4 Å². The summed E-state index contributed by atoms with van der Waals surface area (Å²) < 4.78 is 23.4. The van der Waals surface area contributed by atoms with Crippen LogP contribution in [0.25, 0.3) is 0 Å². The molecule has 1 aromatic carbocycles. The van der Waals surface area contributed by atoms with Gasteiger partial charge in [-0.25, -0.2) is 8.42 Å². The monoisotopic (exact) mass is 294 g/mol. The molecule has 0 amide bonds. The van der Waals surface area contributed by atoms with Gasteiger partial charge in [-0.1, -0.05) is 18.2 Å². The zero-order valence-electron chi connectivity index (χ0n) is 11.7. The van der Waals surface area contributed by atoms with Crippen LogP contribution in [0.4, 0.5) is 5.69 Å². The molecule has 0 aliphatic carbocycles. The van der Waals surface area contributed by atoms with Crippen molar-refractivity contribution in [2.75, 3.05) is 36.5 Å². The second-order valence-electron chi connectivity index (χ2n) is 5.77. The number of sulfone groups is 1. The first kappa shape index (κ1) is 13.9. The molecule has 0 radical (unpaired) electrons. The molecule has 0 saturated carbocycles. The van der Waals surface area contributed by atoms with E-state index in [2.05, 4.69) is 34.5 Å². The molecule has 0 aromatic heterocycles. The van der Waals surface area contributed by atoms with Gasteiger partial charge in [0.15, 0.2) is 9.84 Å². The number of fused-ring (bicyclic) bond motifs is 1. The smallest absolute Gasteiger partial charge is 0.151 e. The maximum atomic E-state index is 11.7. The zero-order chi connectivity index (χ0) is 14.0. The van der Waals surface area contributed by atoms with Crippen molar-refractivity contribution in [3.63, 3.8) is 0 Å². The summed E-state index contributed by atoms with van der Waals surface area (Å²) in [5.74, 6) is 0.667. The number of hydrogen-bond donors (Lipinski definition) is 1. The molecule has 1 saturated heterocycles. The van der Waals surface area contributed by atoms with Gasteiger partial charge in [0.25, 0.3) is 0 Å². The largest absolute Gasteiger partial charge is 0.383 e. The van der Waals surface area contributed by atoms with Gasteiger partial charge in [0, 0.05) is 24.8 Å². The average Bonchev–Trinajstić information content (AvgIpc) is 2.74. The van der Waals surface area contributed by atoms with E-state index in [1.54, 1.807) is 0 Å². The minimum Gasteiger partial charge on any atom is -0.383 e. The number of anilines is 1. The lowest BCUT2D eigenvalue weighted by Crippen LogP contribution is -2.41. The van der Waals surface area contributed by atoms with Crippen LogP contribution in [0.5, 0.6) is 0 Å². The number of nitrogens with one attached hydrogen (secondary N) is 1. The van der Waals surface area contributed by atoms with Crippen LogP contribution in [0.15, 0.2) is 24.3 Å². The molecule has 1 atom stereocenters. The van der Waals surface area contributed by atoms with E-state index in [-0.39, 0.29) is 0 Å². The van der Waals surface area contributed by atoms with E-state index >= 15 is 0 Å². The van der Waals surface area contributed by atoms with Crippen molar-refractivity contribution in [3.8, 4) is 0 Å². The van der Waals surface area contributed by atoms with Gasteiger partial charge >= 0.3 is 0 Å². The molecule has 4 nitrogen and oxygen atoms in total. The van der Waals surface area contributed by atoms with Crippen LogP contribution in [-0.4, -0.2) is 50.5 Å². The van der Waals surface area contributed by atoms with Crippen molar-refractivity contribution < 1.29 is 8.42 Å². The lowest BCUT2D eigenvalue weighted by atomic mass is 10.1. The van der Waals surface area contributed by atoms with E-state index in [0.29, 0.717) is 24.1 Å². The first-order valence-corrected chi connectivity index (χ1v) is 9.22. The fourth-order valence-electron chi connectivity index (χ4n) is 3.20.